The van der Waals surface area contributed by atoms with Gasteiger partial charge < -0.3 is 4.79 Å². The molecule has 1 aliphatic rings. The number of tetrazole rings is 1. The Bertz CT molecular complexity index is 316. The highest BCUT2D eigenvalue weighted by Crippen LogP contribution is 2.40. The first-order chi connectivity index (χ1) is 6.24. The molecule has 1 fully saturated rings. The van der Waals surface area contributed by atoms with Crippen molar-refractivity contribution in [1.29, 1.82) is 0 Å². The molecule has 0 bridgehead atoms. The molecule has 0 amide bonds. The summed E-state index contributed by atoms with van der Waals surface area (Å²) < 4.78 is 0. The molecule has 0 spiro atoms. The zero-order valence-corrected chi connectivity index (χ0v) is 7.60. The molecule has 1 aromatic rings. The second kappa shape index (κ2) is 2.90. The molecular weight excluding hydrogens is 168 g/mol. The molecule has 0 unspecified atom stereocenters. The molecule has 0 radical (unpaired) electrons. The second-order valence-electron chi connectivity index (χ2n) is 3.71. The van der Waals surface area contributed by atoms with E-state index in [4.69, 9.17) is 0 Å². The number of aldehydes is 1. The Morgan fingerprint density at radius 3 is 2.77 bits per heavy atom. The molecule has 0 aromatic carbocycles. The van der Waals surface area contributed by atoms with Crippen molar-refractivity contribution in [2.45, 2.75) is 25.7 Å². The highest BCUT2D eigenvalue weighted by Gasteiger charge is 2.38. The van der Waals surface area contributed by atoms with Crippen molar-refractivity contribution in [3.8, 4) is 0 Å². The zero-order valence-electron chi connectivity index (χ0n) is 7.60. The normalized spacial score (nSPS) is 19.5. The number of hydrogen-bond acceptors (Lipinski definition) is 4. The molecule has 1 aromatic heterocycles. The van der Waals surface area contributed by atoms with Crippen molar-refractivity contribution in [3.05, 3.63) is 5.82 Å². The van der Waals surface area contributed by atoms with E-state index >= 15 is 0 Å². The summed E-state index contributed by atoms with van der Waals surface area (Å²) in [5.41, 5.74) is -0.178. The molecule has 70 valence electrons. The average Bonchev–Trinajstić information content (AvgIpc) is 2.44. The van der Waals surface area contributed by atoms with Gasteiger partial charge in [-0.25, -0.2) is 0 Å². The van der Waals surface area contributed by atoms with Crippen LogP contribution >= 0.6 is 0 Å². The van der Waals surface area contributed by atoms with Crippen LogP contribution in [0.4, 0.5) is 0 Å². The maximum Gasteiger partial charge on any atom is 0.175 e. The number of aromatic nitrogens is 4. The van der Waals surface area contributed by atoms with E-state index in [9.17, 15) is 4.79 Å². The number of carbonyl (C=O) groups is 1. The van der Waals surface area contributed by atoms with Crippen LogP contribution in [0.5, 0.6) is 0 Å². The van der Waals surface area contributed by atoms with E-state index in [1.807, 2.05) is 0 Å². The van der Waals surface area contributed by atoms with Crippen LogP contribution in [0.3, 0.4) is 0 Å². The minimum Gasteiger partial charge on any atom is -0.303 e. The van der Waals surface area contributed by atoms with Crippen LogP contribution in [-0.2, 0) is 18.3 Å². The van der Waals surface area contributed by atoms with Gasteiger partial charge in [0.25, 0.3) is 0 Å². The fraction of sp³-hybridized carbons (Fsp3) is 0.750. The van der Waals surface area contributed by atoms with Crippen LogP contribution in [0.1, 0.15) is 25.1 Å². The summed E-state index contributed by atoms with van der Waals surface area (Å²) in [6.45, 7) is 0. The monoisotopic (exact) mass is 180 g/mol. The fourth-order valence-corrected chi connectivity index (χ4v) is 1.68. The van der Waals surface area contributed by atoms with Gasteiger partial charge in [-0.2, -0.15) is 4.80 Å². The number of hydrogen-bond donors (Lipinski definition) is 0. The van der Waals surface area contributed by atoms with Gasteiger partial charge in [0.05, 0.1) is 7.05 Å². The van der Waals surface area contributed by atoms with Crippen LogP contribution < -0.4 is 0 Å². The first-order valence-electron chi connectivity index (χ1n) is 4.43. The molecule has 5 nitrogen and oxygen atoms in total. The van der Waals surface area contributed by atoms with Gasteiger partial charge in [-0.05, 0) is 18.1 Å². The summed E-state index contributed by atoms with van der Waals surface area (Å²) in [4.78, 5) is 12.3. The highest BCUT2D eigenvalue weighted by molar-refractivity contribution is 5.61. The smallest absolute Gasteiger partial charge is 0.175 e. The lowest BCUT2D eigenvalue weighted by molar-refractivity contribution is -0.120. The number of carbonyl (C=O) groups excluding carboxylic acids is 1. The van der Waals surface area contributed by atoms with Crippen LogP contribution in [0.15, 0.2) is 0 Å². The zero-order chi connectivity index (χ0) is 9.31. The van der Waals surface area contributed by atoms with Crippen molar-refractivity contribution >= 4 is 6.29 Å². The number of aryl methyl sites for hydroxylation is 1. The van der Waals surface area contributed by atoms with Gasteiger partial charge in [0.2, 0.25) is 0 Å². The van der Waals surface area contributed by atoms with E-state index in [1.54, 1.807) is 7.05 Å². The van der Waals surface area contributed by atoms with Gasteiger partial charge in [0.1, 0.15) is 6.29 Å². The lowest BCUT2D eigenvalue weighted by Crippen LogP contribution is -2.33. The van der Waals surface area contributed by atoms with Gasteiger partial charge in [0, 0.05) is 11.8 Å². The quantitative estimate of drug-likeness (QED) is 0.620. The molecular formula is C8H12N4O. The first-order valence-corrected chi connectivity index (χ1v) is 4.43. The third-order valence-corrected chi connectivity index (χ3v) is 2.66. The highest BCUT2D eigenvalue weighted by atomic mass is 16.1. The predicted molar refractivity (Wildman–Crippen MR) is 44.9 cm³/mol. The SMILES string of the molecule is Cn1nnc(CC2(C=O)CCC2)n1. The molecule has 0 atom stereocenters. The van der Waals surface area contributed by atoms with Gasteiger partial charge in [0.15, 0.2) is 5.82 Å². The Morgan fingerprint density at radius 2 is 2.38 bits per heavy atom. The Kier molecular flexibility index (Phi) is 1.86. The number of nitrogens with zero attached hydrogens (tertiary/aromatic N) is 4. The first kappa shape index (κ1) is 8.34. The van der Waals surface area contributed by atoms with Crippen LogP contribution in [0.25, 0.3) is 0 Å². The Hall–Kier alpha value is -1.26. The van der Waals surface area contributed by atoms with Crippen molar-refractivity contribution in [2.75, 3.05) is 0 Å². The maximum absolute atomic E-state index is 10.8. The largest absolute Gasteiger partial charge is 0.303 e. The molecule has 0 aliphatic heterocycles. The van der Waals surface area contributed by atoms with E-state index in [1.165, 1.54) is 4.80 Å². The summed E-state index contributed by atoms with van der Waals surface area (Å²) in [6.07, 6.45) is 4.76. The molecule has 1 saturated carbocycles. The summed E-state index contributed by atoms with van der Waals surface area (Å²) in [5.74, 6) is 0.675. The minimum atomic E-state index is -0.178. The molecule has 1 heterocycles. The van der Waals surface area contributed by atoms with Gasteiger partial charge in [-0.1, -0.05) is 6.42 Å². The topological polar surface area (TPSA) is 60.7 Å². The third-order valence-electron chi connectivity index (χ3n) is 2.66. The summed E-state index contributed by atoms with van der Waals surface area (Å²) in [6, 6.07) is 0. The summed E-state index contributed by atoms with van der Waals surface area (Å²) in [7, 11) is 1.73. The van der Waals surface area contributed by atoms with E-state index < -0.39 is 0 Å². The second-order valence-corrected chi connectivity index (χ2v) is 3.71. The molecule has 13 heavy (non-hydrogen) atoms. The Balaban J connectivity index is 2.08. The lowest BCUT2D eigenvalue weighted by atomic mass is 9.68. The maximum atomic E-state index is 10.8. The van der Waals surface area contributed by atoms with Crippen molar-refractivity contribution in [2.24, 2.45) is 12.5 Å². The van der Waals surface area contributed by atoms with E-state index in [2.05, 4.69) is 15.4 Å². The molecule has 2 rings (SSSR count). The van der Waals surface area contributed by atoms with E-state index in [0.717, 1.165) is 25.5 Å². The van der Waals surface area contributed by atoms with Crippen molar-refractivity contribution in [1.82, 2.24) is 20.2 Å². The fourth-order valence-electron chi connectivity index (χ4n) is 1.68. The Labute approximate surface area is 76.1 Å². The van der Waals surface area contributed by atoms with Crippen LogP contribution in [0, 0.1) is 5.41 Å². The van der Waals surface area contributed by atoms with Crippen LogP contribution in [-0.4, -0.2) is 26.5 Å². The standard InChI is InChI=1S/C8H12N4O/c1-12-10-7(9-11-12)5-8(6-13)3-2-4-8/h6H,2-5H2,1H3. The molecule has 5 heteroatoms. The average molecular weight is 180 g/mol. The lowest BCUT2D eigenvalue weighted by Gasteiger charge is -2.35. The molecule has 1 aliphatic carbocycles. The van der Waals surface area contributed by atoms with Gasteiger partial charge in [-0.15, -0.1) is 10.2 Å². The third kappa shape index (κ3) is 1.46. The minimum absolute atomic E-state index is 0.178. The summed E-state index contributed by atoms with van der Waals surface area (Å²) >= 11 is 0. The van der Waals surface area contributed by atoms with Gasteiger partial charge in [-0.3, -0.25) is 0 Å². The van der Waals surface area contributed by atoms with Crippen molar-refractivity contribution < 1.29 is 4.79 Å². The molecule has 0 saturated heterocycles. The molecule has 0 N–H and O–H groups in total. The summed E-state index contributed by atoms with van der Waals surface area (Å²) in [5, 5.41) is 11.7. The predicted octanol–water partition coefficient (Wildman–Crippen LogP) is 0.122. The van der Waals surface area contributed by atoms with E-state index in [-0.39, 0.29) is 5.41 Å². The number of rotatable bonds is 3. The van der Waals surface area contributed by atoms with Crippen molar-refractivity contribution in [3.63, 3.8) is 0 Å². The van der Waals surface area contributed by atoms with Crippen LogP contribution in [0.2, 0.25) is 0 Å². The Morgan fingerprint density at radius 1 is 1.62 bits per heavy atom. The van der Waals surface area contributed by atoms with E-state index in [0.29, 0.717) is 12.2 Å². The van der Waals surface area contributed by atoms with Gasteiger partial charge >= 0.3 is 0 Å².